The minimum Gasteiger partial charge on any atom is -0.468 e. The van der Waals surface area contributed by atoms with Crippen LogP contribution < -0.4 is 0 Å². The van der Waals surface area contributed by atoms with E-state index in [2.05, 4.69) is 0 Å². The number of esters is 1. The van der Waals surface area contributed by atoms with Crippen LogP contribution in [0, 0.1) is 11.3 Å². The van der Waals surface area contributed by atoms with Gasteiger partial charge in [0.15, 0.2) is 0 Å². The topological polar surface area (TPSA) is 63.6 Å². The van der Waals surface area contributed by atoms with E-state index in [0.29, 0.717) is 25.7 Å². The first-order valence-corrected chi connectivity index (χ1v) is 6.84. The van der Waals surface area contributed by atoms with Gasteiger partial charge < -0.3 is 9.84 Å². The molecule has 1 fully saturated rings. The Bertz CT molecular complexity index is 439. The van der Waals surface area contributed by atoms with Gasteiger partial charge >= 0.3 is 5.97 Å². The van der Waals surface area contributed by atoms with Gasteiger partial charge in [-0.05, 0) is 46.0 Å². The first kappa shape index (κ1) is 14.3. The van der Waals surface area contributed by atoms with Crippen LogP contribution in [0.1, 0.15) is 46.0 Å². The third-order valence-electron chi connectivity index (χ3n) is 5.03. The van der Waals surface area contributed by atoms with Gasteiger partial charge in [0, 0.05) is 5.92 Å². The van der Waals surface area contributed by atoms with Gasteiger partial charge in [0.1, 0.15) is 11.2 Å². The number of hydrogen-bond donors (Lipinski definition) is 1. The third kappa shape index (κ3) is 1.93. The second-order valence-electron chi connectivity index (χ2n) is 5.95. The number of carbonyl (C=O) groups excluding carboxylic acids is 2. The quantitative estimate of drug-likeness (QED) is 0.613. The standard InChI is InChI=1S/C15H22O4/c1-10-4-7-14(13(17)19-3)8-6-12(11(2)16)15(14,18)9-5-10/h4,12,18H,5-9H2,1-3H3/t12-,14-,15+/m1/s1. The number of carbonyl (C=O) groups is 2. The number of allylic oxidation sites excluding steroid dienone is 2. The summed E-state index contributed by atoms with van der Waals surface area (Å²) >= 11 is 0. The SMILES string of the molecule is COC(=O)[C@]12CC=C(C)CC[C@]1(O)[C@@H](C(C)=O)CC2. The van der Waals surface area contributed by atoms with E-state index >= 15 is 0 Å². The van der Waals surface area contributed by atoms with Crippen LogP contribution in [0.4, 0.5) is 0 Å². The Hall–Kier alpha value is -1.16. The maximum Gasteiger partial charge on any atom is 0.315 e. The fraction of sp³-hybridized carbons (Fsp3) is 0.733. The number of ketones is 1. The van der Waals surface area contributed by atoms with Crippen molar-refractivity contribution in [2.45, 2.75) is 51.6 Å². The number of hydrogen-bond acceptors (Lipinski definition) is 4. The lowest BCUT2D eigenvalue weighted by Gasteiger charge is -2.41. The van der Waals surface area contributed by atoms with Crippen LogP contribution in [-0.2, 0) is 14.3 Å². The molecule has 0 heterocycles. The molecular formula is C15H22O4. The molecule has 0 unspecified atom stereocenters. The van der Waals surface area contributed by atoms with E-state index in [1.807, 2.05) is 13.0 Å². The molecule has 0 radical (unpaired) electrons. The Morgan fingerprint density at radius 1 is 1.42 bits per heavy atom. The van der Waals surface area contributed by atoms with E-state index < -0.39 is 16.9 Å². The molecule has 0 aromatic rings. The summed E-state index contributed by atoms with van der Waals surface area (Å²) in [7, 11) is 1.35. The molecule has 4 nitrogen and oxygen atoms in total. The van der Waals surface area contributed by atoms with Crippen LogP contribution in [0.15, 0.2) is 11.6 Å². The lowest BCUT2D eigenvalue weighted by molar-refractivity contribution is -0.174. The molecule has 1 saturated carbocycles. The van der Waals surface area contributed by atoms with Gasteiger partial charge in [-0.25, -0.2) is 0 Å². The molecule has 0 aromatic heterocycles. The van der Waals surface area contributed by atoms with Gasteiger partial charge in [-0.2, -0.15) is 0 Å². The summed E-state index contributed by atoms with van der Waals surface area (Å²) in [6.07, 6.45) is 4.73. The van der Waals surface area contributed by atoms with Crippen LogP contribution in [0.2, 0.25) is 0 Å². The summed E-state index contributed by atoms with van der Waals surface area (Å²) in [6, 6.07) is 0. The van der Waals surface area contributed by atoms with E-state index in [1.54, 1.807) is 0 Å². The molecule has 0 aliphatic heterocycles. The van der Waals surface area contributed by atoms with Crippen LogP contribution in [0.25, 0.3) is 0 Å². The molecule has 3 atom stereocenters. The average molecular weight is 266 g/mol. The zero-order valence-electron chi connectivity index (χ0n) is 11.9. The zero-order valence-corrected chi connectivity index (χ0v) is 11.9. The van der Waals surface area contributed by atoms with Crippen molar-refractivity contribution in [3.8, 4) is 0 Å². The molecule has 2 aliphatic rings. The van der Waals surface area contributed by atoms with Crippen molar-refractivity contribution in [3.05, 3.63) is 11.6 Å². The van der Waals surface area contributed by atoms with Gasteiger partial charge in [-0.3, -0.25) is 9.59 Å². The van der Waals surface area contributed by atoms with E-state index in [0.717, 1.165) is 12.0 Å². The average Bonchev–Trinajstić information content (AvgIpc) is 2.61. The summed E-state index contributed by atoms with van der Waals surface area (Å²) < 4.78 is 4.94. The highest BCUT2D eigenvalue weighted by Crippen LogP contribution is 2.57. The minimum atomic E-state index is -1.26. The Labute approximate surface area is 113 Å². The lowest BCUT2D eigenvalue weighted by atomic mass is 9.67. The van der Waals surface area contributed by atoms with Gasteiger partial charge in [-0.1, -0.05) is 11.6 Å². The largest absolute Gasteiger partial charge is 0.468 e. The van der Waals surface area contributed by atoms with Gasteiger partial charge in [0.25, 0.3) is 0 Å². The van der Waals surface area contributed by atoms with Crippen LogP contribution in [0.3, 0.4) is 0 Å². The second kappa shape index (κ2) is 4.75. The Morgan fingerprint density at radius 3 is 2.68 bits per heavy atom. The minimum absolute atomic E-state index is 0.0344. The lowest BCUT2D eigenvalue weighted by Crippen LogP contribution is -2.54. The van der Waals surface area contributed by atoms with Crippen LogP contribution >= 0.6 is 0 Å². The van der Waals surface area contributed by atoms with E-state index in [1.165, 1.54) is 14.0 Å². The fourth-order valence-corrected chi connectivity index (χ4v) is 3.81. The Kier molecular flexibility index (Phi) is 3.56. The van der Waals surface area contributed by atoms with E-state index in [4.69, 9.17) is 4.74 Å². The molecule has 2 rings (SSSR count). The van der Waals surface area contributed by atoms with Crippen molar-refractivity contribution in [3.63, 3.8) is 0 Å². The van der Waals surface area contributed by atoms with Gasteiger partial charge in [-0.15, -0.1) is 0 Å². The molecule has 0 bridgehead atoms. The number of ether oxygens (including phenoxy) is 1. The summed E-state index contributed by atoms with van der Waals surface area (Å²) in [6.45, 7) is 3.50. The molecule has 4 heteroatoms. The number of Topliss-reactive ketones (excluding diaryl/α,β-unsaturated/α-hetero) is 1. The normalized spacial score (nSPS) is 38.1. The second-order valence-corrected chi connectivity index (χ2v) is 5.95. The third-order valence-corrected chi connectivity index (χ3v) is 5.03. The number of fused-ring (bicyclic) bond motifs is 1. The van der Waals surface area contributed by atoms with Crippen molar-refractivity contribution in [1.29, 1.82) is 0 Å². The molecule has 19 heavy (non-hydrogen) atoms. The summed E-state index contributed by atoms with van der Waals surface area (Å²) in [4.78, 5) is 24.1. The van der Waals surface area contributed by atoms with E-state index in [9.17, 15) is 14.7 Å². The Balaban J connectivity index is 2.50. The highest BCUT2D eigenvalue weighted by Gasteiger charge is 2.64. The fourth-order valence-electron chi connectivity index (χ4n) is 3.81. The van der Waals surface area contributed by atoms with Crippen molar-refractivity contribution < 1.29 is 19.4 Å². The molecule has 0 aromatic carbocycles. The van der Waals surface area contributed by atoms with Crippen molar-refractivity contribution in [1.82, 2.24) is 0 Å². The highest BCUT2D eigenvalue weighted by molar-refractivity contribution is 5.86. The monoisotopic (exact) mass is 266 g/mol. The smallest absolute Gasteiger partial charge is 0.315 e. The van der Waals surface area contributed by atoms with E-state index in [-0.39, 0.29) is 11.8 Å². The van der Waals surface area contributed by atoms with Crippen LogP contribution in [-0.4, -0.2) is 29.6 Å². The predicted octanol–water partition coefficient (Wildman–Crippen LogP) is 2.01. The van der Waals surface area contributed by atoms with Crippen molar-refractivity contribution >= 4 is 11.8 Å². The molecule has 106 valence electrons. The number of aliphatic hydroxyl groups is 1. The molecule has 1 N–H and O–H groups in total. The first-order chi connectivity index (χ1) is 8.87. The van der Waals surface area contributed by atoms with Gasteiger partial charge in [0.2, 0.25) is 0 Å². The molecule has 0 amide bonds. The molecular weight excluding hydrogens is 244 g/mol. The zero-order chi connectivity index (χ0) is 14.3. The summed E-state index contributed by atoms with van der Waals surface area (Å²) in [5, 5.41) is 11.1. The predicted molar refractivity (Wildman–Crippen MR) is 70.4 cm³/mol. The van der Waals surface area contributed by atoms with Gasteiger partial charge in [0.05, 0.1) is 12.7 Å². The highest BCUT2D eigenvalue weighted by atomic mass is 16.5. The summed E-state index contributed by atoms with van der Waals surface area (Å²) in [5.74, 6) is -0.872. The maximum absolute atomic E-state index is 12.3. The number of methoxy groups -OCH3 is 1. The molecule has 0 spiro atoms. The maximum atomic E-state index is 12.3. The van der Waals surface area contributed by atoms with Crippen LogP contribution in [0.5, 0.6) is 0 Å². The number of rotatable bonds is 2. The first-order valence-electron chi connectivity index (χ1n) is 6.84. The molecule has 0 saturated heterocycles. The Morgan fingerprint density at radius 2 is 2.11 bits per heavy atom. The van der Waals surface area contributed by atoms with Crippen molar-refractivity contribution in [2.24, 2.45) is 11.3 Å². The summed E-state index contributed by atoms with van der Waals surface area (Å²) in [5.41, 5.74) is -1.05. The molecule has 2 aliphatic carbocycles. The van der Waals surface area contributed by atoms with Crippen molar-refractivity contribution in [2.75, 3.05) is 7.11 Å².